The highest BCUT2D eigenvalue weighted by Crippen LogP contribution is 2.25. The highest BCUT2D eigenvalue weighted by atomic mass is 16.5. The van der Waals surface area contributed by atoms with E-state index in [0.717, 1.165) is 17.7 Å². The summed E-state index contributed by atoms with van der Waals surface area (Å²) in [6, 6.07) is 5.67. The molecule has 0 saturated carbocycles. The zero-order valence-corrected chi connectivity index (χ0v) is 15.8. The molecule has 1 amide bonds. The van der Waals surface area contributed by atoms with Gasteiger partial charge in [-0.15, -0.1) is 0 Å². The summed E-state index contributed by atoms with van der Waals surface area (Å²) in [7, 11) is 3.51. The van der Waals surface area contributed by atoms with Gasteiger partial charge in [-0.25, -0.2) is 0 Å². The fourth-order valence-electron chi connectivity index (χ4n) is 2.85. The maximum absolute atomic E-state index is 11.8. The van der Waals surface area contributed by atoms with Crippen LogP contribution in [0.4, 0.5) is 0 Å². The van der Waals surface area contributed by atoms with Crippen LogP contribution in [0.15, 0.2) is 54.8 Å². The molecule has 1 heterocycles. The van der Waals surface area contributed by atoms with E-state index in [9.17, 15) is 4.79 Å². The normalized spacial score (nSPS) is 15.3. The van der Waals surface area contributed by atoms with E-state index in [4.69, 9.17) is 9.47 Å². The van der Waals surface area contributed by atoms with Gasteiger partial charge in [0.1, 0.15) is 11.5 Å². The van der Waals surface area contributed by atoms with Gasteiger partial charge in [0.15, 0.2) is 0 Å². The molecule has 5 nitrogen and oxygen atoms in total. The lowest BCUT2D eigenvalue weighted by Crippen LogP contribution is -2.30. The Hall–Kier alpha value is -2.53. The van der Waals surface area contributed by atoms with Crippen molar-refractivity contribution < 1.29 is 14.3 Å². The van der Waals surface area contributed by atoms with Crippen LogP contribution < -0.4 is 15.4 Å². The number of rotatable bonds is 10. The Kier molecular flexibility index (Phi) is 7.04. The van der Waals surface area contributed by atoms with Gasteiger partial charge in [-0.05, 0) is 36.7 Å². The van der Waals surface area contributed by atoms with Crippen LogP contribution in [0.2, 0.25) is 0 Å². The molecule has 26 heavy (non-hydrogen) atoms. The molecule has 5 heteroatoms. The number of allylic oxidation sites excluding steroid dienone is 3. The van der Waals surface area contributed by atoms with Crippen molar-refractivity contribution in [2.45, 2.75) is 13.5 Å². The minimum Gasteiger partial charge on any atom is -0.497 e. The summed E-state index contributed by atoms with van der Waals surface area (Å²) in [4.78, 5) is 11.8. The van der Waals surface area contributed by atoms with Gasteiger partial charge >= 0.3 is 0 Å². The third-order valence-corrected chi connectivity index (χ3v) is 4.73. The molecule has 2 N–H and O–H groups in total. The van der Waals surface area contributed by atoms with E-state index in [0.29, 0.717) is 30.2 Å². The van der Waals surface area contributed by atoms with Crippen molar-refractivity contribution in [3.8, 4) is 5.75 Å². The van der Waals surface area contributed by atoms with Crippen LogP contribution in [0.3, 0.4) is 0 Å². The minimum atomic E-state index is -0.0394. The van der Waals surface area contributed by atoms with Gasteiger partial charge in [0.25, 0.3) is 5.91 Å². The fraction of sp³-hybridized carbons (Fsp3) is 0.381. The Labute approximate surface area is 155 Å². The molecule has 2 atom stereocenters. The van der Waals surface area contributed by atoms with E-state index in [2.05, 4.69) is 30.7 Å². The number of ether oxygens (including phenoxy) is 2. The predicted molar refractivity (Wildman–Crippen MR) is 104 cm³/mol. The number of fused-ring (bicyclic) bond motifs is 1. The quantitative estimate of drug-likeness (QED) is 0.500. The number of benzene rings is 1. The van der Waals surface area contributed by atoms with Crippen molar-refractivity contribution in [1.82, 2.24) is 10.6 Å². The second kappa shape index (κ2) is 9.25. The highest BCUT2D eigenvalue weighted by Gasteiger charge is 2.21. The predicted octanol–water partition coefficient (Wildman–Crippen LogP) is 3.05. The van der Waals surface area contributed by atoms with Gasteiger partial charge in [0.2, 0.25) is 0 Å². The monoisotopic (exact) mass is 356 g/mol. The van der Waals surface area contributed by atoms with E-state index < -0.39 is 0 Å². The van der Waals surface area contributed by atoms with Gasteiger partial charge in [-0.1, -0.05) is 37.8 Å². The fourth-order valence-corrected chi connectivity index (χ4v) is 2.85. The van der Waals surface area contributed by atoms with Crippen molar-refractivity contribution in [2.24, 2.45) is 11.8 Å². The highest BCUT2D eigenvalue weighted by molar-refractivity contribution is 5.98. The molecule has 0 spiro atoms. The van der Waals surface area contributed by atoms with Gasteiger partial charge in [0, 0.05) is 24.6 Å². The number of carbonyl (C=O) groups is 1. The first-order valence-electron chi connectivity index (χ1n) is 8.74. The van der Waals surface area contributed by atoms with Crippen molar-refractivity contribution in [3.05, 3.63) is 66.0 Å². The average molecular weight is 356 g/mol. The maximum atomic E-state index is 11.8. The second-order valence-electron chi connectivity index (χ2n) is 6.50. The number of nitrogens with one attached hydrogen (secondary N) is 2. The topological polar surface area (TPSA) is 59.6 Å². The molecule has 0 radical (unpaired) electrons. The van der Waals surface area contributed by atoms with Crippen molar-refractivity contribution in [1.29, 1.82) is 0 Å². The lowest BCUT2D eigenvalue weighted by atomic mass is 9.88. The van der Waals surface area contributed by atoms with Crippen molar-refractivity contribution >= 4 is 5.91 Å². The number of methoxy groups -OCH3 is 1. The van der Waals surface area contributed by atoms with Gasteiger partial charge in [0.05, 0.1) is 13.7 Å². The van der Waals surface area contributed by atoms with E-state index in [1.807, 2.05) is 37.4 Å². The molecule has 0 aliphatic carbocycles. The second-order valence-corrected chi connectivity index (χ2v) is 6.50. The van der Waals surface area contributed by atoms with Gasteiger partial charge in [-0.3, -0.25) is 4.79 Å². The van der Waals surface area contributed by atoms with Crippen molar-refractivity contribution in [3.63, 3.8) is 0 Å². The van der Waals surface area contributed by atoms with Gasteiger partial charge < -0.3 is 20.1 Å². The Morgan fingerprint density at radius 2 is 2.15 bits per heavy atom. The maximum Gasteiger partial charge on any atom is 0.252 e. The Morgan fingerprint density at radius 3 is 2.85 bits per heavy atom. The van der Waals surface area contributed by atoms with Crippen LogP contribution in [0.5, 0.6) is 5.75 Å². The SMILES string of the molecule is C=C(/C=C\C(=C)[C@H](C)C(CNC)COc1ccc2c(c1)C(=O)NC2)OC. The van der Waals surface area contributed by atoms with Crippen LogP contribution in [-0.2, 0) is 11.3 Å². The standard InChI is InChI=1S/C21H28N2O3/c1-14(6-7-15(2)25-5)16(3)18(11-22-4)13-26-19-9-8-17-12-23-21(24)20(17)10-19/h6-10,16,18,22H,1-2,11-13H2,3-5H3,(H,23,24)/b7-6-/t16-,18?/m0/s1. The first-order chi connectivity index (χ1) is 12.5. The first kappa shape index (κ1) is 19.8. The molecule has 1 aromatic carbocycles. The summed E-state index contributed by atoms with van der Waals surface area (Å²) in [5, 5.41) is 6.03. The average Bonchev–Trinajstić information content (AvgIpc) is 3.02. The molecule has 2 rings (SSSR count). The molecule has 0 aromatic heterocycles. The molecular weight excluding hydrogens is 328 g/mol. The smallest absolute Gasteiger partial charge is 0.252 e. The number of hydrogen-bond donors (Lipinski definition) is 2. The first-order valence-corrected chi connectivity index (χ1v) is 8.74. The van der Waals surface area contributed by atoms with Crippen LogP contribution in [0.25, 0.3) is 0 Å². The molecule has 0 saturated heterocycles. The number of hydrogen-bond acceptors (Lipinski definition) is 4. The van der Waals surface area contributed by atoms with E-state index in [1.165, 1.54) is 0 Å². The summed E-state index contributed by atoms with van der Waals surface area (Å²) in [6.07, 6.45) is 3.74. The summed E-state index contributed by atoms with van der Waals surface area (Å²) in [6.45, 7) is 12.0. The lowest BCUT2D eigenvalue weighted by Gasteiger charge is -2.24. The third kappa shape index (κ3) is 4.99. The molecule has 1 aliphatic rings. The summed E-state index contributed by atoms with van der Waals surface area (Å²) >= 11 is 0. The zero-order valence-electron chi connectivity index (χ0n) is 15.8. The summed E-state index contributed by atoms with van der Waals surface area (Å²) in [5.41, 5.74) is 2.70. The van der Waals surface area contributed by atoms with Crippen molar-refractivity contribution in [2.75, 3.05) is 27.3 Å². The Morgan fingerprint density at radius 1 is 1.38 bits per heavy atom. The third-order valence-electron chi connectivity index (χ3n) is 4.73. The molecule has 0 bridgehead atoms. The molecule has 140 valence electrons. The summed E-state index contributed by atoms with van der Waals surface area (Å²) < 4.78 is 11.0. The van der Waals surface area contributed by atoms with Gasteiger partial charge in [-0.2, -0.15) is 0 Å². The molecule has 1 unspecified atom stereocenters. The Balaban J connectivity index is 2.00. The largest absolute Gasteiger partial charge is 0.497 e. The van der Waals surface area contributed by atoms with Crippen LogP contribution in [-0.4, -0.2) is 33.2 Å². The number of carbonyl (C=O) groups excluding carboxylic acids is 1. The molecule has 1 aliphatic heterocycles. The summed E-state index contributed by atoms with van der Waals surface area (Å²) in [5.74, 6) is 1.71. The molecular formula is C21H28N2O3. The number of amides is 1. The van der Waals surface area contributed by atoms with E-state index >= 15 is 0 Å². The van der Waals surface area contributed by atoms with Crippen LogP contribution in [0.1, 0.15) is 22.8 Å². The molecule has 1 aromatic rings. The van der Waals surface area contributed by atoms with E-state index in [-0.39, 0.29) is 17.7 Å². The van der Waals surface area contributed by atoms with Crippen LogP contribution in [0, 0.1) is 11.8 Å². The van der Waals surface area contributed by atoms with E-state index in [1.54, 1.807) is 7.11 Å². The lowest BCUT2D eigenvalue weighted by molar-refractivity contribution is 0.0965. The van der Waals surface area contributed by atoms with Crippen LogP contribution >= 0.6 is 0 Å². The zero-order chi connectivity index (χ0) is 19.1. The minimum absolute atomic E-state index is 0.0394. The molecule has 0 fully saturated rings. The Bertz CT molecular complexity index is 709.